The quantitative estimate of drug-likeness (QED) is 0.875. The molecule has 2 aliphatic heterocycles. The van der Waals surface area contributed by atoms with Gasteiger partial charge in [0.2, 0.25) is 0 Å². The van der Waals surface area contributed by atoms with Crippen LogP contribution in [0.5, 0.6) is 0 Å². The van der Waals surface area contributed by atoms with E-state index in [0.717, 1.165) is 24.4 Å². The van der Waals surface area contributed by atoms with Crippen molar-refractivity contribution >= 4 is 0 Å². The van der Waals surface area contributed by atoms with Crippen LogP contribution >= 0.6 is 0 Å². The SMILES string of the molecule is CC(C)NC1C2CC1CN(Cc1ccccc1)C2. The third-order valence-electron chi connectivity index (χ3n) is 4.38. The van der Waals surface area contributed by atoms with Crippen LogP contribution in [0.2, 0.25) is 0 Å². The van der Waals surface area contributed by atoms with Crippen molar-refractivity contribution in [1.29, 1.82) is 0 Å². The molecule has 2 bridgehead atoms. The van der Waals surface area contributed by atoms with Gasteiger partial charge < -0.3 is 5.32 Å². The van der Waals surface area contributed by atoms with Crippen LogP contribution < -0.4 is 5.32 Å². The summed E-state index contributed by atoms with van der Waals surface area (Å²) in [7, 11) is 0. The van der Waals surface area contributed by atoms with Crippen LogP contribution in [0.3, 0.4) is 0 Å². The fraction of sp³-hybridized carbons (Fsp3) is 0.625. The fourth-order valence-electron chi connectivity index (χ4n) is 3.61. The van der Waals surface area contributed by atoms with Crippen molar-refractivity contribution in [1.82, 2.24) is 10.2 Å². The molecule has 98 valence electrons. The smallest absolute Gasteiger partial charge is 0.0233 e. The maximum atomic E-state index is 3.74. The molecule has 18 heavy (non-hydrogen) atoms. The van der Waals surface area contributed by atoms with Crippen LogP contribution in [-0.4, -0.2) is 30.1 Å². The first-order valence-electron chi connectivity index (χ1n) is 7.24. The lowest BCUT2D eigenvalue weighted by molar-refractivity contribution is -0.0217. The topological polar surface area (TPSA) is 15.3 Å². The molecule has 1 aromatic rings. The van der Waals surface area contributed by atoms with Gasteiger partial charge in [0.1, 0.15) is 0 Å². The standard InChI is InChI=1S/C16H24N2/c1-12(2)17-16-14-8-15(16)11-18(10-14)9-13-6-4-3-5-7-13/h3-7,12,14-17H,8-11H2,1-2H3. The van der Waals surface area contributed by atoms with Gasteiger partial charge in [-0.2, -0.15) is 0 Å². The maximum Gasteiger partial charge on any atom is 0.0233 e. The summed E-state index contributed by atoms with van der Waals surface area (Å²) in [6.07, 6.45) is 1.44. The molecule has 2 unspecified atom stereocenters. The van der Waals surface area contributed by atoms with Gasteiger partial charge in [-0.15, -0.1) is 0 Å². The van der Waals surface area contributed by atoms with Gasteiger partial charge in [-0.25, -0.2) is 0 Å². The summed E-state index contributed by atoms with van der Waals surface area (Å²) >= 11 is 0. The highest BCUT2D eigenvalue weighted by atomic mass is 15.2. The monoisotopic (exact) mass is 244 g/mol. The van der Waals surface area contributed by atoms with Gasteiger partial charge in [-0.05, 0) is 23.8 Å². The van der Waals surface area contributed by atoms with E-state index >= 15 is 0 Å². The Balaban J connectivity index is 1.55. The lowest BCUT2D eigenvalue weighted by atomic mass is 9.66. The van der Waals surface area contributed by atoms with E-state index in [1.807, 2.05) is 0 Å². The molecule has 3 fully saturated rings. The Labute approximate surface area is 110 Å². The molecule has 1 saturated carbocycles. The van der Waals surface area contributed by atoms with Crippen molar-refractivity contribution < 1.29 is 0 Å². The van der Waals surface area contributed by atoms with Crippen LogP contribution in [0, 0.1) is 11.8 Å². The molecule has 1 aromatic carbocycles. The molecule has 0 radical (unpaired) electrons. The van der Waals surface area contributed by atoms with Gasteiger partial charge in [-0.3, -0.25) is 4.90 Å². The van der Waals surface area contributed by atoms with E-state index < -0.39 is 0 Å². The Morgan fingerprint density at radius 3 is 2.44 bits per heavy atom. The van der Waals surface area contributed by atoms with Gasteiger partial charge >= 0.3 is 0 Å². The summed E-state index contributed by atoms with van der Waals surface area (Å²) < 4.78 is 0. The van der Waals surface area contributed by atoms with Crippen molar-refractivity contribution in [3.63, 3.8) is 0 Å². The summed E-state index contributed by atoms with van der Waals surface area (Å²) in [5.41, 5.74) is 1.45. The van der Waals surface area contributed by atoms with E-state index in [1.165, 1.54) is 25.1 Å². The van der Waals surface area contributed by atoms with Crippen molar-refractivity contribution in [3.05, 3.63) is 35.9 Å². The van der Waals surface area contributed by atoms with Gasteiger partial charge in [-0.1, -0.05) is 44.2 Å². The highest BCUT2D eigenvalue weighted by Crippen LogP contribution is 2.40. The first kappa shape index (κ1) is 12.2. The second-order valence-electron chi connectivity index (χ2n) is 6.28. The van der Waals surface area contributed by atoms with Crippen LogP contribution in [0.1, 0.15) is 25.8 Å². The van der Waals surface area contributed by atoms with Crippen LogP contribution in [0.15, 0.2) is 30.3 Å². The molecule has 1 N–H and O–H groups in total. The second kappa shape index (κ2) is 5.02. The molecule has 3 aliphatic rings. The summed E-state index contributed by atoms with van der Waals surface area (Å²) in [6, 6.07) is 12.3. The van der Waals surface area contributed by atoms with Crippen LogP contribution in [0.4, 0.5) is 0 Å². The van der Waals surface area contributed by atoms with Crippen molar-refractivity contribution in [3.8, 4) is 0 Å². The van der Waals surface area contributed by atoms with Crippen LogP contribution in [-0.2, 0) is 6.54 Å². The highest BCUT2D eigenvalue weighted by Gasteiger charge is 2.46. The van der Waals surface area contributed by atoms with Crippen molar-refractivity contribution in [2.75, 3.05) is 13.1 Å². The predicted molar refractivity (Wildman–Crippen MR) is 75.4 cm³/mol. The zero-order chi connectivity index (χ0) is 12.5. The molecule has 0 amide bonds. The zero-order valence-corrected chi connectivity index (χ0v) is 11.5. The molecular weight excluding hydrogens is 220 g/mol. The third kappa shape index (κ3) is 2.45. The molecule has 0 spiro atoms. The van der Waals surface area contributed by atoms with E-state index in [1.54, 1.807) is 0 Å². The minimum absolute atomic E-state index is 0.626. The Hall–Kier alpha value is -0.860. The second-order valence-corrected chi connectivity index (χ2v) is 6.28. The number of piperidine rings is 2. The first-order valence-corrected chi connectivity index (χ1v) is 7.24. The van der Waals surface area contributed by atoms with Crippen LogP contribution in [0.25, 0.3) is 0 Å². The normalized spacial score (nSPS) is 31.4. The largest absolute Gasteiger partial charge is 0.311 e. The molecule has 2 nitrogen and oxygen atoms in total. The summed E-state index contributed by atoms with van der Waals surface area (Å²) in [5.74, 6) is 1.77. The number of fused-ring (bicyclic) bond motifs is 2. The minimum Gasteiger partial charge on any atom is -0.311 e. The molecule has 0 aromatic heterocycles. The number of nitrogens with zero attached hydrogens (tertiary/aromatic N) is 1. The molecular formula is C16H24N2. The number of nitrogens with one attached hydrogen (secondary N) is 1. The predicted octanol–water partition coefficient (Wildman–Crippen LogP) is 2.50. The van der Waals surface area contributed by atoms with E-state index in [2.05, 4.69) is 54.4 Å². The van der Waals surface area contributed by atoms with Gasteiger partial charge in [0, 0.05) is 31.7 Å². The zero-order valence-electron chi connectivity index (χ0n) is 11.5. The summed E-state index contributed by atoms with van der Waals surface area (Å²) in [6.45, 7) is 8.19. The molecule has 4 rings (SSSR count). The number of hydrogen-bond acceptors (Lipinski definition) is 2. The molecule has 2 atom stereocenters. The van der Waals surface area contributed by atoms with E-state index in [0.29, 0.717) is 6.04 Å². The van der Waals surface area contributed by atoms with E-state index in [9.17, 15) is 0 Å². The Kier molecular flexibility index (Phi) is 3.40. The van der Waals surface area contributed by atoms with Gasteiger partial charge in [0.25, 0.3) is 0 Å². The molecule has 2 heteroatoms. The Morgan fingerprint density at radius 2 is 1.83 bits per heavy atom. The Bertz CT molecular complexity index is 375. The van der Waals surface area contributed by atoms with Gasteiger partial charge in [0.05, 0.1) is 0 Å². The third-order valence-corrected chi connectivity index (χ3v) is 4.38. The first-order chi connectivity index (χ1) is 8.72. The molecule has 2 heterocycles. The summed E-state index contributed by atoms with van der Waals surface area (Å²) in [4.78, 5) is 2.63. The van der Waals surface area contributed by atoms with E-state index in [4.69, 9.17) is 0 Å². The molecule has 2 saturated heterocycles. The lowest BCUT2D eigenvalue weighted by Gasteiger charge is -2.54. The fourth-order valence-corrected chi connectivity index (χ4v) is 3.61. The number of benzene rings is 1. The maximum absolute atomic E-state index is 3.74. The van der Waals surface area contributed by atoms with Crippen molar-refractivity contribution in [2.45, 2.75) is 38.9 Å². The van der Waals surface area contributed by atoms with Crippen molar-refractivity contribution in [2.24, 2.45) is 11.8 Å². The lowest BCUT2D eigenvalue weighted by Crippen LogP contribution is -2.64. The molecule has 1 aliphatic carbocycles. The highest BCUT2D eigenvalue weighted by molar-refractivity contribution is 5.15. The van der Waals surface area contributed by atoms with Gasteiger partial charge in [0.15, 0.2) is 0 Å². The Morgan fingerprint density at radius 1 is 1.17 bits per heavy atom. The number of rotatable bonds is 4. The van der Waals surface area contributed by atoms with E-state index in [-0.39, 0.29) is 0 Å². The summed E-state index contributed by atoms with van der Waals surface area (Å²) in [5, 5.41) is 3.74. The average Bonchev–Trinajstić information content (AvgIpc) is 2.37. The average molecular weight is 244 g/mol. The minimum atomic E-state index is 0.626. The number of hydrogen-bond donors (Lipinski definition) is 1.